The number of aromatic hydroxyl groups is 1. The van der Waals surface area contributed by atoms with Crippen LogP contribution in [0.2, 0.25) is 0 Å². The van der Waals surface area contributed by atoms with Gasteiger partial charge in [-0.25, -0.2) is 5.43 Å². The zero-order chi connectivity index (χ0) is 19.6. The van der Waals surface area contributed by atoms with E-state index >= 15 is 0 Å². The van der Waals surface area contributed by atoms with E-state index < -0.39 is 17.6 Å². The van der Waals surface area contributed by atoms with Gasteiger partial charge in [-0.1, -0.05) is 42.5 Å². The molecule has 0 radical (unpaired) electrons. The summed E-state index contributed by atoms with van der Waals surface area (Å²) < 4.78 is 38.9. The summed E-state index contributed by atoms with van der Waals surface area (Å²) in [5, 5.41) is 15.4. The predicted octanol–water partition coefficient (Wildman–Crippen LogP) is 4.64. The number of carbonyl (C=O) groups is 1. The van der Waals surface area contributed by atoms with E-state index in [-0.39, 0.29) is 16.9 Å². The molecule has 0 spiro atoms. The number of phenolic OH excluding ortho intramolecular Hbond substituents is 1. The summed E-state index contributed by atoms with van der Waals surface area (Å²) in [5.74, 6) is -0.917. The molecule has 1 amide bonds. The van der Waals surface area contributed by atoms with Crippen LogP contribution in [0.4, 0.5) is 13.2 Å². The molecule has 3 rings (SSSR count). The van der Waals surface area contributed by atoms with Crippen LogP contribution in [0.5, 0.6) is 5.75 Å². The van der Waals surface area contributed by atoms with Crippen LogP contribution in [-0.2, 0) is 6.18 Å². The predicted molar refractivity (Wildman–Crippen MR) is 96.9 cm³/mol. The van der Waals surface area contributed by atoms with E-state index in [0.29, 0.717) is 5.56 Å². The van der Waals surface area contributed by atoms with E-state index in [4.69, 9.17) is 0 Å². The Hall–Kier alpha value is -3.35. The fourth-order valence-corrected chi connectivity index (χ4v) is 2.78. The highest BCUT2D eigenvalue weighted by Crippen LogP contribution is 2.32. The van der Waals surface area contributed by atoms with E-state index in [0.717, 1.165) is 23.1 Å². The van der Waals surface area contributed by atoms with Crippen LogP contribution >= 0.6 is 0 Å². The number of amides is 1. The van der Waals surface area contributed by atoms with Crippen LogP contribution in [0.25, 0.3) is 10.8 Å². The first-order chi connectivity index (χ1) is 12.8. The van der Waals surface area contributed by atoms with Crippen molar-refractivity contribution in [3.05, 3.63) is 76.9 Å². The topological polar surface area (TPSA) is 61.7 Å². The van der Waals surface area contributed by atoms with Crippen LogP contribution in [0.15, 0.2) is 59.7 Å². The molecule has 7 heteroatoms. The number of nitrogens with zero attached hydrogens (tertiary/aromatic N) is 1. The van der Waals surface area contributed by atoms with Gasteiger partial charge in [0.15, 0.2) is 0 Å². The summed E-state index contributed by atoms with van der Waals surface area (Å²) >= 11 is 0. The monoisotopic (exact) mass is 372 g/mol. The molecule has 4 nitrogen and oxygen atoms in total. The van der Waals surface area contributed by atoms with E-state index in [1.54, 1.807) is 19.1 Å². The highest BCUT2D eigenvalue weighted by molar-refractivity contribution is 6.03. The second kappa shape index (κ2) is 7.11. The smallest absolute Gasteiger partial charge is 0.417 e. The molecule has 0 heterocycles. The standard InChI is InChI=1S/C20H15F3N2O2/c1-12-15-8-4-2-6-13(15)10-16(18(12)26)19(27)25-24-11-14-7-3-5-9-17(14)20(21,22)23/h2-11,26H,1H3,(H,25,27). The average Bonchev–Trinajstić information content (AvgIpc) is 2.64. The molecule has 3 aromatic rings. The quantitative estimate of drug-likeness (QED) is 0.520. The van der Waals surface area contributed by atoms with Crippen molar-refractivity contribution in [2.75, 3.05) is 0 Å². The van der Waals surface area contributed by atoms with Crippen molar-refractivity contribution in [3.8, 4) is 5.75 Å². The molecule has 0 saturated carbocycles. The second-order valence-electron chi connectivity index (χ2n) is 5.90. The van der Waals surface area contributed by atoms with Crippen molar-refractivity contribution in [1.82, 2.24) is 5.43 Å². The number of rotatable bonds is 3. The van der Waals surface area contributed by atoms with Crippen LogP contribution < -0.4 is 5.43 Å². The third-order valence-electron chi connectivity index (χ3n) is 4.16. The molecule has 0 atom stereocenters. The van der Waals surface area contributed by atoms with Crippen molar-refractivity contribution in [2.45, 2.75) is 13.1 Å². The number of phenols is 1. The molecule has 0 saturated heterocycles. The average molecular weight is 372 g/mol. The van der Waals surface area contributed by atoms with Crippen molar-refractivity contribution >= 4 is 22.9 Å². The first-order valence-corrected chi connectivity index (χ1v) is 8.00. The number of fused-ring (bicyclic) bond motifs is 1. The van der Waals surface area contributed by atoms with E-state index in [9.17, 15) is 23.1 Å². The van der Waals surface area contributed by atoms with Gasteiger partial charge in [0.1, 0.15) is 5.75 Å². The van der Waals surface area contributed by atoms with Crippen LogP contribution in [0.3, 0.4) is 0 Å². The SMILES string of the molecule is Cc1c(O)c(C(=O)NN=Cc2ccccc2C(F)(F)F)cc2ccccc12. The van der Waals surface area contributed by atoms with Crippen LogP contribution in [0.1, 0.15) is 27.0 Å². The molecular weight excluding hydrogens is 357 g/mol. The maximum absolute atomic E-state index is 13.0. The number of nitrogens with one attached hydrogen (secondary N) is 1. The van der Waals surface area contributed by atoms with Gasteiger partial charge in [-0.15, -0.1) is 0 Å². The fourth-order valence-electron chi connectivity index (χ4n) is 2.78. The maximum atomic E-state index is 13.0. The lowest BCUT2D eigenvalue weighted by Gasteiger charge is -2.10. The number of hydrogen-bond donors (Lipinski definition) is 2. The van der Waals surface area contributed by atoms with Gasteiger partial charge < -0.3 is 5.11 Å². The number of halogens is 3. The zero-order valence-electron chi connectivity index (χ0n) is 14.2. The molecular formula is C20H15F3N2O2. The molecule has 0 aliphatic rings. The Morgan fingerprint density at radius 1 is 1.11 bits per heavy atom. The summed E-state index contributed by atoms with van der Waals surface area (Å²) in [5.41, 5.74) is 1.66. The molecule has 0 aromatic heterocycles. The van der Waals surface area contributed by atoms with Gasteiger partial charge in [0.05, 0.1) is 17.3 Å². The summed E-state index contributed by atoms with van der Waals surface area (Å²) in [4.78, 5) is 12.3. The molecule has 0 bridgehead atoms. The summed E-state index contributed by atoms with van der Waals surface area (Å²) in [6.45, 7) is 1.68. The van der Waals surface area contributed by atoms with Gasteiger partial charge in [-0.05, 0) is 35.4 Å². The lowest BCUT2D eigenvalue weighted by atomic mass is 10.00. The third-order valence-corrected chi connectivity index (χ3v) is 4.16. The van der Waals surface area contributed by atoms with Crippen molar-refractivity contribution < 1.29 is 23.1 Å². The largest absolute Gasteiger partial charge is 0.507 e. The normalized spacial score (nSPS) is 11.9. The Morgan fingerprint density at radius 3 is 2.52 bits per heavy atom. The molecule has 0 unspecified atom stereocenters. The Morgan fingerprint density at radius 2 is 1.78 bits per heavy atom. The molecule has 0 fully saturated rings. The van der Waals surface area contributed by atoms with E-state index in [2.05, 4.69) is 10.5 Å². The van der Waals surface area contributed by atoms with Crippen LogP contribution in [0, 0.1) is 6.92 Å². The highest BCUT2D eigenvalue weighted by Gasteiger charge is 2.32. The van der Waals surface area contributed by atoms with Gasteiger partial charge in [0.2, 0.25) is 0 Å². The Bertz CT molecular complexity index is 1040. The number of benzene rings is 3. The van der Waals surface area contributed by atoms with Gasteiger partial charge >= 0.3 is 6.18 Å². The molecule has 0 aliphatic heterocycles. The van der Waals surface area contributed by atoms with Gasteiger partial charge in [0, 0.05) is 5.56 Å². The number of hydrazone groups is 1. The molecule has 27 heavy (non-hydrogen) atoms. The third kappa shape index (κ3) is 3.76. The Balaban J connectivity index is 1.86. The van der Waals surface area contributed by atoms with Crippen molar-refractivity contribution in [1.29, 1.82) is 0 Å². The second-order valence-corrected chi connectivity index (χ2v) is 5.90. The Kier molecular flexibility index (Phi) is 4.85. The lowest BCUT2D eigenvalue weighted by molar-refractivity contribution is -0.137. The van der Waals surface area contributed by atoms with Crippen molar-refractivity contribution in [2.24, 2.45) is 5.10 Å². The van der Waals surface area contributed by atoms with Gasteiger partial charge in [0.25, 0.3) is 5.91 Å². The minimum atomic E-state index is -4.53. The number of alkyl halides is 3. The van der Waals surface area contributed by atoms with E-state index in [1.165, 1.54) is 24.3 Å². The zero-order valence-corrected chi connectivity index (χ0v) is 14.2. The first-order valence-electron chi connectivity index (χ1n) is 8.00. The fraction of sp³-hybridized carbons (Fsp3) is 0.100. The molecule has 2 N–H and O–H groups in total. The highest BCUT2D eigenvalue weighted by atomic mass is 19.4. The minimum absolute atomic E-state index is 0.00698. The minimum Gasteiger partial charge on any atom is -0.507 e. The molecule has 3 aromatic carbocycles. The summed E-state index contributed by atoms with van der Waals surface area (Å²) in [6.07, 6.45) is -3.61. The molecule has 0 aliphatic carbocycles. The summed E-state index contributed by atoms with van der Waals surface area (Å²) in [6, 6.07) is 13.6. The van der Waals surface area contributed by atoms with E-state index in [1.807, 2.05) is 12.1 Å². The molecule has 138 valence electrons. The number of hydrogen-bond acceptors (Lipinski definition) is 3. The van der Waals surface area contributed by atoms with Gasteiger partial charge in [-0.2, -0.15) is 18.3 Å². The lowest BCUT2D eigenvalue weighted by Crippen LogP contribution is -2.18. The number of carbonyl (C=O) groups excluding carboxylic acids is 1. The number of aryl methyl sites for hydroxylation is 1. The van der Waals surface area contributed by atoms with Crippen molar-refractivity contribution in [3.63, 3.8) is 0 Å². The summed E-state index contributed by atoms with van der Waals surface area (Å²) in [7, 11) is 0. The van der Waals surface area contributed by atoms with Gasteiger partial charge in [-0.3, -0.25) is 4.79 Å². The first kappa shape index (κ1) is 18.4. The van der Waals surface area contributed by atoms with Crippen LogP contribution in [-0.4, -0.2) is 17.2 Å². The maximum Gasteiger partial charge on any atom is 0.417 e. The Labute approximate surface area is 152 Å².